The Hall–Kier alpha value is -1.99. The van der Waals surface area contributed by atoms with Gasteiger partial charge in [-0.15, -0.1) is 0 Å². The number of hydrogen-bond donors (Lipinski definition) is 2. The highest BCUT2D eigenvalue weighted by Gasteiger charge is 2.25. The molecule has 3 rings (SSSR count). The number of ether oxygens (including phenoxy) is 3. The summed E-state index contributed by atoms with van der Waals surface area (Å²) in [5.74, 6) is 3.23. The van der Waals surface area contributed by atoms with Crippen molar-refractivity contribution < 1.29 is 14.2 Å². The summed E-state index contributed by atoms with van der Waals surface area (Å²) in [5, 5.41) is 7.20. The van der Waals surface area contributed by atoms with Gasteiger partial charge in [-0.25, -0.2) is 0 Å². The Bertz CT molecular complexity index is 683. The highest BCUT2D eigenvalue weighted by Crippen LogP contribution is 2.32. The van der Waals surface area contributed by atoms with Crippen LogP contribution in [-0.2, 0) is 4.74 Å². The van der Waals surface area contributed by atoms with Crippen molar-refractivity contribution >= 4 is 5.96 Å². The summed E-state index contributed by atoms with van der Waals surface area (Å²) in [7, 11) is 5.20. The first kappa shape index (κ1) is 22.7. The summed E-state index contributed by atoms with van der Waals surface area (Å²) < 4.78 is 16.5. The van der Waals surface area contributed by atoms with Crippen LogP contribution >= 0.6 is 0 Å². The zero-order valence-corrected chi connectivity index (χ0v) is 18.9. The van der Waals surface area contributed by atoms with Crippen molar-refractivity contribution in [2.24, 2.45) is 10.9 Å². The van der Waals surface area contributed by atoms with Crippen LogP contribution in [0, 0.1) is 5.92 Å². The van der Waals surface area contributed by atoms with Crippen LogP contribution in [0.3, 0.4) is 0 Å². The quantitative estimate of drug-likeness (QED) is 0.524. The van der Waals surface area contributed by atoms with Crippen molar-refractivity contribution in [2.75, 3.05) is 54.1 Å². The fraction of sp³-hybridized carbons (Fsp3) is 0.696. The second-order valence-electron chi connectivity index (χ2n) is 8.33. The van der Waals surface area contributed by atoms with Gasteiger partial charge in [0.25, 0.3) is 0 Å². The van der Waals surface area contributed by atoms with E-state index < -0.39 is 0 Å². The predicted octanol–water partition coefficient (Wildman–Crippen LogP) is 2.82. The molecule has 1 saturated heterocycles. The molecule has 1 aliphatic heterocycles. The minimum absolute atomic E-state index is 0.193. The van der Waals surface area contributed by atoms with Crippen LogP contribution in [0.15, 0.2) is 23.2 Å². The summed E-state index contributed by atoms with van der Waals surface area (Å²) in [6.07, 6.45) is 5.00. The van der Waals surface area contributed by atoms with Gasteiger partial charge in [-0.3, -0.25) is 9.89 Å². The maximum Gasteiger partial charge on any atom is 0.191 e. The Balaban J connectivity index is 1.69. The first-order valence-corrected chi connectivity index (χ1v) is 11.2. The summed E-state index contributed by atoms with van der Waals surface area (Å²) in [6, 6.07) is 6.90. The molecule has 7 nitrogen and oxygen atoms in total. The summed E-state index contributed by atoms with van der Waals surface area (Å²) in [4.78, 5) is 6.95. The Labute approximate surface area is 181 Å². The molecular weight excluding hydrogens is 380 g/mol. The van der Waals surface area contributed by atoms with Crippen LogP contribution < -0.4 is 20.1 Å². The smallest absolute Gasteiger partial charge is 0.191 e. The summed E-state index contributed by atoms with van der Waals surface area (Å²) >= 11 is 0. The number of morpholine rings is 1. The molecule has 2 N–H and O–H groups in total. The summed E-state index contributed by atoms with van der Waals surface area (Å²) in [6.45, 7) is 6.45. The van der Waals surface area contributed by atoms with Gasteiger partial charge in [-0.05, 0) is 49.3 Å². The van der Waals surface area contributed by atoms with E-state index in [9.17, 15) is 0 Å². The monoisotopic (exact) mass is 418 g/mol. The molecular formula is C23H38N4O3. The van der Waals surface area contributed by atoms with Gasteiger partial charge in [-0.2, -0.15) is 0 Å². The van der Waals surface area contributed by atoms with E-state index in [1.54, 1.807) is 14.2 Å². The van der Waals surface area contributed by atoms with Crippen LogP contribution in [-0.4, -0.2) is 71.0 Å². The third-order valence-corrected chi connectivity index (χ3v) is 6.32. The number of nitrogens with zero attached hydrogens (tertiary/aromatic N) is 2. The Morgan fingerprint density at radius 1 is 1.13 bits per heavy atom. The molecule has 0 bridgehead atoms. The molecule has 1 heterocycles. The third-order valence-electron chi connectivity index (χ3n) is 6.32. The van der Waals surface area contributed by atoms with Gasteiger partial charge in [0, 0.05) is 32.7 Å². The van der Waals surface area contributed by atoms with Gasteiger partial charge in [0.15, 0.2) is 17.5 Å². The van der Waals surface area contributed by atoms with Crippen LogP contribution in [0.2, 0.25) is 0 Å². The maximum atomic E-state index is 5.58. The van der Waals surface area contributed by atoms with E-state index in [1.807, 2.05) is 13.1 Å². The lowest BCUT2D eigenvalue weighted by atomic mass is 9.87. The molecule has 1 saturated carbocycles. The molecule has 1 aromatic rings. The Kier molecular flexibility index (Phi) is 8.63. The van der Waals surface area contributed by atoms with Gasteiger partial charge in [0.1, 0.15) is 0 Å². The molecule has 2 aliphatic rings. The number of guanidine groups is 1. The largest absolute Gasteiger partial charge is 0.493 e. The maximum absolute atomic E-state index is 5.58. The van der Waals surface area contributed by atoms with Crippen LogP contribution in [0.5, 0.6) is 11.5 Å². The zero-order valence-electron chi connectivity index (χ0n) is 18.9. The number of benzene rings is 1. The van der Waals surface area contributed by atoms with E-state index in [0.717, 1.165) is 56.2 Å². The van der Waals surface area contributed by atoms with E-state index in [4.69, 9.17) is 14.2 Å². The minimum atomic E-state index is 0.193. The Morgan fingerprint density at radius 2 is 1.83 bits per heavy atom. The molecule has 2 fully saturated rings. The number of aliphatic imine (C=N–C) groups is 1. The minimum Gasteiger partial charge on any atom is -0.493 e. The van der Waals surface area contributed by atoms with Crippen LogP contribution in [0.4, 0.5) is 0 Å². The van der Waals surface area contributed by atoms with Gasteiger partial charge >= 0.3 is 0 Å². The molecule has 0 spiro atoms. The molecule has 1 aliphatic carbocycles. The fourth-order valence-electron chi connectivity index (χ4n) is 4.39. The molecule has 0 radical (unpaired) electrons. The number of hydrogen-bond acceptors (Lipinski definition) is 5. The fourth-order valence-corrected chi connectivity index (χ4v) is 4.39. The highest BCUT2D eigenvalue weighted by atomic mass is 16.5. The topological polar surface area (TPSA) is 67.4 Å². The molecule has 1 atom stereocenters. The molecule has 1 aromatic carbocycles. The SMILES string of the molecule is CN=C(NCC(c1ccc(OC)c(OC)c1)N1CCOCC1)NC1CCC(C)CC1. The number of nitrogens with one attached hydrogen (secondary N) is 2. The zero-order chi connectivity index (χ0) is 21.3. The van der Waals surface area contributed by atoms with Crippen molar-refractivity contribution in [1.82, 2.24) is 15.5 Å². The second-order valence-corrected chi connectivity index (χ2v) is 8.33. The van der Waals surface area contributed by atoms with Crippen molar-refractivity contribution in [2.45, 2.75) is 44.7 Å². The lowest BCUT2D eigenvalue weighted by molar-refractivity contribution is 0.0169. The normalized spacial score (nSPS) is 24.2. The highest BCUT2D eigenvalue weighted by molar-refractivity contribution is 5.80. The first-order chi connectivity index (χ1) is 14.6. The van der Waals surface area contributed by atoms with Gasteiger partial charge < -0.3 is 24.8 Å². The second kappa shape index (κ2) is 11.4. The number of rotatable bonds is 7. The van der Waals surface area contributed by atoms with Gasteiger partial charge in [0.05, 0.1) is 33.5 Å². The van der Waals surface area contributed by atoms with E-state index in [2.05, 4.69) is 39.6 Å². The van der Waals surface area contributed by atoms with Crippen molar-refractivity contribution in [3.63, 3.8) is 0 Å². The molecule has 1 unspecified atom stereocenters. The van der Waals surface area contributed by atoms with Crippen molar-refractivity contribution in [1.29, 1.82) is 0 Å². The van der Waals surface area contributed by atoms with Gasteiger partial charge in [-0.1, -0.05) is 13.0 Å². The standard InChI is InChI=1S/C23H38N4O3/c1-17-5-8-19(9-6-17)26-23(24-2)25-16-20(27-11-13-30-14-12-27)18-7-10-21(28-3)22(15-18)29-4/h7,10,15,17,19-20H,5-6,8-9,11-14,16H2,1-4H3,(H2,24,25,26). The molecule has 30 heavy (non-hydrogen) atoms. The third kappa shape index (κ3) is 6.01. The van der Waals surface area contributed by atoms with E-state index in [0.29, 0.717) is 6.04 Å². The molecule has 168 valence electrons. The average Bonchev–Trinajstić information content (AvgIpc) is 2.80. The first-order valence-electron chi connectivity index (χ1n) is 11.2. The van der Waals surface area contributed by atoms with Crippen LogP contribution in [0.1, 0.15) is 44.2 Å². The van der Waals surface area contributed by atoms with Crippen LogP contribution in [0.25, 0.3) is 0 Å². The van der Waals surface area contributed by atoms with Crippen molar-refractivity contribution in [3.05, 3.63) is 23.8 Å². The molecule has 0 aromatic heterocycles. The van der Waals surface area contributed by atoms with E-state index in [1.165, 1.54) is 31.2 Å². The summed E-state index contributed by atoms with van der Waals surface area (Å²) in [5.41, 5.74) is 1.20. The number of methoxy groups -OCH3 is 2. The Morgan fingerprint density at radius 3 is 2.47 bits per heavy atom. The predicted molar refractivity (Wildman–Crippen MR) is 121 cm³/mol. The van der Waals surface area contributed by atoms with Gasteiger partial charge in [0.2, 0.25) is 0 Å². The van der Waals surface area contributed by atoms with Crippen molar-refractivity contribution in [3.8, 4) is 11.5 Å². The average molecular weight is 419 g/mol. The lowest BCUT2D eigenvalue weighted by Gasteiger charge is -2.36. The van der Waals surface area contributed by atoms with E-state index in [-0.39, 0.29) is 6.04 Å². The molecule has 0 amide bonds. The van der Waals surface area contributed by atoms with E-state index >= 15 is 0 Å². The molecule has 7 heteroatoms. The lowest BCUT2D eigenvalue weighted by Crippen LogP contribution is -2.48.